The van der Waals surface area contributed by atoms with Crippen molar-refractivity contribution in [3.05, 3.63) is 41.2 Å². The van der Waals surface area contributed by atoms with Crippen molar-refractivity contribution in [2.75, 3.05) is 0 Å². The molecular weight excluding hydrogens is 341 g/mol. The van der Waals surface area contributed by atoms with Crippen LogP contribution in [0.5, 0.6) is 0 Å². The number of nitrogens with zero attached hydrogens (tertiary/aromatic N) is 3. The molecule has 2 heterocycles. The number of alkyl halides is 1. The molecule has 2 aromatic heterocycles. The largest absolute Gasteiger partial charge is 0.375 e. The minimum absolute atomic E-state index is 0.0274. The highest BCUT2D eigenvalue weighted by Crippen LogP contribution is 2.42. The smallest absolute Gasteiger partial charge is 0.108 e. The lowest BCUT2D eigenvalue weighted by Crippen LogP contribution is -2.36. The van der Waals surface area contributed by atoms with Crippen molar-refractivity contribution in [2.45, 2.75) is 70.5 Å². The molecule has 0 radical (unpaired) electrons. The highest BCUT2D eigenvalue weighted by molar-refractivity contribution is 5.66. The van der Waals surface area contributed by atoms with Crippen LogP contribution >= 0.6 is 0 Å². The molecule has 6 heteroatoms. The topological polar surface area (TPSA) is 58.5 Å². The van der Waals surface area contributed by atoms with E-state index >= 15 is 0 Å². The SMILES string of the molecule is Cc1ncc(C(NC(=C2CCC2)c2ccnn2C)[C@H]2CCCC(C)(F)C2)[nH]1. The molecule has 0 bridgehead atoms. The standard InChI is InChI=1S/C21H30FN5/c1-14-23-13-17(25-14)19(16-8-5-10-21(2,22)12-16)26-20(15-6-4-7-15)18-9-11-24-27(18)3/h9,11,13,16,19,26H,4-8,10,12H2,1-3H3,(H,23,25)/t16-,19?,21?/m0/s1. The quantitative estimate of drug-likeness (QED) is 0.808. The number of hydrogen-bond acceptors (Lipinski definition) is 3. The number of halogens is 1. The van der Waals surface area contributed by atoms with E-state index in [1.165, 1.54) is 17.7 Å². The van der Waals surface area contributed by atoms with Gasteiger partial charge in [-0.1, -0.05) is 0 Å². The van der Waals surface area contributed by atoms with Gasteiger partial charge in [-0.15, -0.1) is 0 Å². The number of aromatic amines is 1. The van der Waals surface area contributed by atoms with Crippen molar-refractivity contribution in [3.63, 3.8) is 0 Å². The van der Waals surface area contributed by atoms with E-state index in [1.807, 2.05) is 31.0 Å². The third-order valence-electron chi connectivity index (χ3n) is 6.18. The van der Waals surface area contributed by atoms with Crippen LogP contribution in [0.25, 0.3) is 5.70 Å². The number of nitrogens with one attached hydrogen (secondary N) is 2. The summed E-state index contributed by atoms with van der Waals surface area (Å²) in [6.07, 6.45) is 10.4. The fourth-order valence-electron chi connectivity index (χ4n) is 4.55. The molecule has 2 N–H and O–H groups in total. The summed E-state index contributed by atoms with van der Waals surface area (Å²) in [5.74, 6) is 1.13. The van der Waals surface area contributed by atoms with Crippen molar-refractivity contribution in [3.8, 4) is 0 Å². The molecule has 4 rings (SSSR count). The molecule has 0 saturated heterocycles. The predicted octanol–water partition coefficient (Wildman–Crippen LogP) is 4.60. The average Bonchev–Trinajstić information content (AvgIpc) is 3.17. The lowest BCUT2D eigenvalue weighted by molar-refractivity contribution is 0.0803. The molecule has 146 valence electrons. The molecule has 2 unspecified atom stereocenters. The number of aryl methyl sites for hydroxylation is 2. The molecular formula is C21H30FN5. The first-order valence-corrected chi connectivity index (χ1v) is 10.1. The molecule has 2 aromatic rings. The first-order chi connectivity index (χ1) is 12.9. The highest BCUT2D eigenvalue weighted by atomic mass is 19.1. The van der Waals surface area contributed by atoms with Crippen LogP contribution in [-0.2, 0) is 7.05 Å². The minimum atomic E-state index is -1.09. The molecule has 3 atom stereocenters. The molecule has 2 aliphatic rings. The first kappa shape index (κ1) is 18.3. The summed E-state index contributed by atoms with van der Waals surface area (Å²) >= 11 is 0. The Morgan fingerprint density at radius 1 is 1.41 bits per heavy atom. The van der Waals surface area contributed by atoms with Gasteiger partial charge in [0.1, 0.15) is 11.5 Å². The molecule has 0 aromatic carbocycles. The lowest BCUT2D eigenvalue weighted by atomic mass is 9.76. The third kappa shape index (κ3) is 3.80. The van der Waals surface area contributed by atoms with Crippen LogP contribution in [-0.4, -0.2) is 25.4 Å². The van der Waals surface area contributed by atoms with Crippen molar-refractivity contribution in [1.82, 2.24) is 25.1 Å². The zero-order chi connectivity index (χ0) is 19.0. The fraction of sp³-hybridized carbons (Fsp3) is 0.619. The molecule has 2 saturated carbocycles. The summed E-state index contributed by atoms with van der Waals surface area (Å²) in [5, 5.41) is 8.18. The van der Waals surface area contributed by atoms with Crippen LogP contribution in [0, 0.1) is 12.8 Å². The second-order valence-electron chi connectivity index (χ2n) is 8.49. The monoisotopic (exact) mass is 371 g/mol. The van der Waals surface area contributed by atoms with Gasteiger partial charge in [0.2, 0.25) is 0 Å². The van der Waals surface area contributed by atoms with E-state index in [0.717, 1.165) is 42.9 Å². The Hall–Kier alpha value is -2.11. The van der Waals surface area contributed by atoms with Gasteiger partial charge >= 0.3 is 0 Å². The van der Waals surface area contributed by atoms with Crippen molar-refractivity contribution < 1.29 is 4.39 Å². The van der Waals surface area contributed by atoms with Crippen LogP contribution in [0.1, 0.15) is 75.1 Å². The van der Waals surface area contributed by atoms with E-state index in [9.17, 15) is 4.39 Å². The fourth-order valence-corrected chi connectivity index (χ4v) is 4.55. The lowest BCUT2D eigenvalue weighted by Gasteiger charge is -2.38. The summed E-state index contributed by atoms with van der Waals surface area (Å²) in [4.78, 5) is 7.81. The van der Waals surface area contributed by atoms with Crippen LogP contribution in [0.2, 0.25) is 0 Å². The van der Waals surface area contributed by atoms with Gasteiger partial charge in [0, 0.05) is 13.2 Å². The molecule has 27 heavy (non-hydrogen) atoms. The van der Waals surface area contributed by atoms with E-state index < -0.39 is 5.67 Å². The van der Waals surface area contributed by atoms with Crippen molar-refractivity contribution in [2.24, 2.45) is 13.0 Å². The van der Waals surface area contributed by atoms with Gasteiger partial charge in [0.05, 0.1) is 29.3 Å². The summed E-state index contributed by atoms with van der Waals surface area (Å²) in [6.45, 7) is 3.72. The van der Waals surface area contributed by atoms with E-state index in [0.29, 0.717) is 12.8 Å². The molecule has 2 aliphatic carbocycles. The van der Waals surface area contributed by atoms with Crippen LogP contribution in [0.3, 0.4) is 0 Å². The summed E-state index contributed by atoms with van der Waals surface area (Å²) in [6, 6.07) is 2.09. The summed E-state index contributed by atoms with van der Waals surface area (Å²) in [7, 11) is 1.98. The normalized spacial score (nSPS) is 26.5. The molecule has 0 spiro atoms. The molecule has 2 fully saturated rings. The Kier molecular flexibility index (Phi) is 4.82. The van der Waals surface area contributed by atoms with Crippen molar-refractivity contribution >= 4 is 5.70 Å². The number of hydrogen-bond donors (Lipinski definition) is 2. The number of H-pyrrole nitrogens is 1. The van der Waals surface area contributed by atoms with Gasteiger partial charge in [-0.05, 0) is 76.4 Å². The van der Waals surface area contributed by atoms with Crippen LogP contribution < -0.4 is 5.32 Å². The zero-order valence-corrected chi connectivity index (χ0v) is 16.6. The first-order valence-electron chi connectivity index (χ1n) is 10.1. The maximum atomic E-state index is 14.8. The van der Waals surface area contributed by atoms with E-state index in [2.05, 4.69) is 26.4 Å². The Bertz CT molecular complexity index is 825. The minimum Gasteiger partial charge on any atom is -0.375 e. The van der Waals surface area contributed by atoms with E-state index in [-0.39, 0.29) is 12.0 Å². The summed E-state index contributed by atoms with van der Waals surface area (Å²) < 4.78 is 16.8. The Labute approximate surface area is 160 Å². The Morgan fingerprint density at radius 3 is 2.78 bits per heavy atom. The molecule has 0 amide bonds. The van der Waals surface area contributed by atoms with Gasteiger partial charge in [0.15, 0.2) is 0 Å². The van der Waals surface area contributed by atoms with Crippen molar-refractivity contribution in [1.29, 1.82) is 0 Å². The molecule has 0 aliphatic heterocycles. The van der Waals surface area contributed by atoms with Crippen LogP contribution in [0.4, 0.5) is 4.39 Å². The second kappa shape index (κ2) is 7.13. The summed E-state index contributed by atoms with van der Waals surface area (Å²) in [5.41, 5.74) is 3.68. The average molecular weight is 372 g/mol. The second-order valence-corrected chi connectivity index (χ2v) is 8.49. The highest BCUT2D eigenvalue weighted by Gasteiger charge is 2.37. The number of allylic oxidation sites excluding steroid dienone is 1. The maximum Gasteiger partial charge on any atom is 0.108 e. The number of rotatable bonds is 5. The zero-order valence-electron chi connectivity index (χ0n) is 16.6. The maximum absolute atomic E-state index is 14.8. The van der Waals surface area contributed by atoms with E-state index in [4.69, 9.17) is 0 Å². The van der Waals surface area contributed by atoms with Gasteiger partial charge < -0.3 is 10.3 Å². The predicted molar refractivity (Wildman–Crippen MR) is 105 cm³/mol. The third-order valence-corrected chi connectivity index (χ3v) is 6.18. The van der Waals surface area contributed by atoms with Gasteiger partial charge in [0.25, 0.3) is 0 Å². The number of imidazole rings is 1. The van der Waals surface area contributed by atoms with Gasteiger partial charge in [-0.3, -0.25) is 4.68 Å². The van der Waals surface area contributed by atoms with Gasteiger partial charge in [-0.25, -0.2) is 9.37 Å². The molecule has 5 nitrogen and oxygen atoms in total. The van der Waals surface area contributed by atoms with Gasteiger partial charge in [-0.2, -0.15) is 5.10 Å². The van der Waals surface area contributed by atoms with Crippen LogP contribution in [0.15, 0.2) is 24.0 Å². The Morgan fingerprint density at radius 2 is 2.22 bits per heavy atom. The number of aromatic nitrogens is 4. The van der Waals surface area contributed by atoms with E-state index in [1.54, 1.807) is 6.92 Å². The Balaban J connectivity index is 1.69.